The van der Waals surface area contributed by atoms with Gasteiger partial charge in [0.15, 0.2) is 0 Å². The molecule has 1 heterocycles. The molecule has 1 fully saturated rings. The van der Waals surface area contributed by atoms with E-state index in [1.165, 1.54) is 6.07 Å². The van der Waals surface area contributed by atoms with Gasteiger partial charge in [-0.3, -0.25) is 0 Å². The van der Waals surface area contributed by atoms with Gasteiger partial charge >= 0.3 is 0 Å². The van der Waals surface area contributed by atoms with E-state index in [0.29, 0.717) is 12.6 Å². The van der Waals surface area contributed by atoms with E-state index in [-0.39, 0.29) is 11.5 Å². The minimum absolute atomic E-state index is 0.0837. The summed E-state index contributed by atoms with van der Waals surface area (Å²) in [5.41, 5.74) is 0.791. The summed E-state index contributed by atoms with van der Waals surface area (Å²) >= 11 is 0. The highest BCUT2D eigenvalue weighted by atomic mass is 16.5. The fourth-order valence-corrected chi connectivity index (χ4v) is 1.65. The summed E-state index contributed by atoms with van der Waals surface area (Å²) in [4.78, 5) is 0. The summed E-state index contributed by atoms with van der Waals surface area (Å²) in [6.45, 7) is 2.14. The number of aromatic hydroxyl groups is 2. The maximum absolute atomic E-state index is 9.53. The van der Waals surface area contributed by atoms with E-state index >= 15 is 0 Å². The van der Waals surface area contributed by atoms with Crippen LogP contribution in [0.3, 0.4) is 0 Å². The van der Waals surface area contributed by atoms with Crippen LogP contribution in [0.2, 0.25) is 0 Å². The first kappa shape index (κ1) is 10.3. The molecule has 1 atom stereocenters. The Hall–Kier alpha value is -1.26. The summed E-state index contributed by atoms with van der Waals surface area (Å²) in [7, 11) is 0. The van der Waals surface area contributed by atoms with E-state index in [1.807, 2.05) is 0 Å². The normalized spacial score (nSPS) is 20.7. The molecule has 0 saturated carbocycles. The predicted octanol–water partition coefficient (Wildman–Crippen LogP) is 0.976. The molecule has 82 valence electrons. The number of rotatable bonds is 3. The van der Waals surface area contributed by atoms with Crippen LogP contribution in [0.25, 0.3) is 0 Å². The quantitative estimate of drug-likeness (QED) is 0.694. The number of phenolic OH excluding ortho intramolecular Hbond substituents is 2. The zero-order valence-electron chi connectivity index (χ0n) is 8.44. The van der Waals surface area contributed by atoms with Crippen LogP contribution in [0.4, 0.5) is 0 Å². The Morgan fingerprint density at radius 1 is 1.40 bits per heavy atom. The van der Waals surface area contributed by atoms with Crippen molar-refractivity contribution >= 4 is 0 Å². The van der Waals surface area contributed by atoms with Crippen molar-refractivity contribution in [3.05, 3.63) is 23.8 Å². The molecule has 0 aliphatic carbocycles. The van der Waals surface area contributed by atoms with Crippen molar-refractivity contribution in [3.8, 4) is 11.5 Å². The van der Waals surface area contributed by atoms with Crippen LogP contribution in [0.15, 0.2) is 18.2 Å². The molecule has 2 rings (SSSR count). The standard InChI is InChI=1S/C11H15NO3/c13-10-2-1-8(11(14)5-10)6-12-9-3-4-15-7-9/h1-2,5,9,12-14H,3-4,6-7H2. The number of hydrogen-bond donors (Lipinski definition) is 3. The Kier molecular flexibility index (Phi) is 3.08. The fraction of sp³-hybridized carbons (Fsp3) is 0.455. The Labute approximate surface area is 88.5 Å². The Morgan fingerprint density at radius 2 is 2.27 bits per heavy atom. The summed E-state index contributed by atoms with van der Waals surface area (Å²) in [5.74, 6) is 0.210. The molecule has 1 aliphatic rings. The average molecular weight is 209 g/mol. The number of nitrogens with one attached hydrogen (secondary N) is 1. The van der Waals surface area contributed by atoms with Gasteiger partial charge in [0, 0.05) is 30.8 Å². The van der Waals surface area contributed by atoms with E-state index in [2.05, 4.69) is 5.32 Å². The van der Waals surface area contributed by atoms with Gasteiger partial charge in [-0.05, 0) is 12.5 Å². The van der Waals surface area contributed by atoms with E-state index in [9.17, 15) is 5.11 Å². The molecule has 4 heteroatoms. The van der Waals surface area contributed by atoms with Gasteiger partial charge in [-0.15, -0.1) is 0 Å². The molecule has 1 aromatic rings. The second-order valence-electron chi connectivity index (χ2n) is 3.75. The number of phenols is 2. The highest BCUT2D eigenvalue weighted by Gasteiger charge is 2.15. The first-order valence-corrected chi connectivity index (χ1v) is 5.07. The van der Waals surface area contributed by atoms with Gasteiger partial charge in [0.1, 0.15) is 11.5 Å². The highest BCUT2D eigenvalue weighted by Crippen LogP contribution is 2.22. The molecular weight excluding hydrogens is 194 g/mol. The largest absolute Gasteiger partial charge is 0.508 e. The van der Waals surface area contributed by atoms with Crippen LogP contribution < -0.4 is 5.32 Å². The van der Waals surface area contributed by atoms with Crippen LogP contribution in [-0.4, -0.2) is 29.5 Å². The van der Waals surface area contributed by atoms with Crippen molar-refractivity contribution in [2.24, 2.45) is 0 Å². The maximum atomic E-state index is 9.53. The molecule has 4 nitrogen and oxygen atoms in total. The number of benzene rings is 1. The molecule has 0 spiro atoms. The van der Waals surface area contributed by atoms with Gasteiger partial charge < -0.3 is 20.3 Å². The molecule has 15 heavy (non-hydrogen) atoms. The molecule has 1 saturated heterocycles. The molecule has 0 amide bonds. The van der Waals surface area contributed by atoms with Crippen molar-refractivity contribution in [1.29, 1.82) is 0 Å². The van der Waals surface area contributed by atoms with Crippen LogP contribution in [0.1, 0.15) is 12.0 Å². The van der Waals surface area contributed by atoms with E-state index in [0.717, 1.165) is 25.2 Å². The molecule has 1 aromatic carbocycles. The summed E-state index contributed by atoms with van der Waals surface area (Å²) in [5, 5.41) is 21.9. The van der Waals surface area contributed by atoms with Gasteiger partial charge in [0.05, 0.1) is 6.61 Å². The molecule has 0 radical (unpaired) electrons. The first-order valence-electron chi connectivity index (χ1n) is 5.07. The lowest BCUT2D eigenvalue weighted by Gasteiger charge is -2.11. The predicted molar refractivity (Wildman–Crippen MR) is 55.8 cm³/mol. The van der Waals surface area contributed by atoms with Gasteiger partial charge in [0.2, 0.25) is 0 Å². The second-order valence-corrected chi connectivity index (χ2v) is 3.75. The topological polar surface area (TPSA) is 61.7 Å². The smallest absolute Gasteiger partial charge is 0.123 e. The zero-order chi connectivity index (χ0) is 10.7. The van der Waals surface area contributed by atoms with Crippen LogP contribution >= 0.6 is 0 Å². The zero-order valence-corrected chi connectivity index (χ0v) is 8.44. The lowest BCUT2D eigenvalue weighted by Crippen LogP contribution is -2.28. The van der Waals surface area contributed by atoms with Crippen LogP contribution in [0, 0.1) is 0 Å². The second kappa shape index (κ2) is 4.51. The van der Waals surface area contributed by atoms with Gasteiger partial charge in [-0.2, -0.15) is 0 Å². The van der Waals surface area contributed by atoms with Gasteiger partial charge in [-0.25, -0.2) is 0 Å². The Balaban J connectivity index is 1.92. The lowest BCUT2D eigenvalue weighted by atomic mass is 10.1. The summed E-state index contributed by atoms with van der Waals surface area (Å²) < 4.78 is 5.23. The van der Waals surface area contributed by atoms with Crippen molar-refractivity contribution < 1.29 is 14.9 Å². The molecule has 3 N–H and O–H groups in total. The van der Waals surface area contributed by atoms with Crippen LogP contribution in [-0.2, 0) is 11.3 Å². The lowest BCUT2D eigenvalue weighted by molar-refractivity contribution is 0.189. The SMILES string of the molecule is Oc1ccc(CNC2CCOC2)c(O)c1. The highest BCUT2D eigenvalue weighted by molar-refractivity contribution is 5.38. The molecular formula is C11H15NO3. The average Bonchev–Trinajstić information content (AvgIpc) is 2.69. The summed E-state index contributed by atoms with van der Waals surface area (Å²) in [6.07, 6.45) is 1.01. The Bertz CT molecular complexity index is 335. The summed E-state index contributed by atoms with van der Waals surface area (Å²) in [6, 6.07) is 5.01. The third-order valence-electron chi connectivity index (χ3n) is 2.58. The molecule has 0 aromatic heterocycles. The molecule has 1 aliphatic heterocycles. The third-order valence-corrected chi connectivity index (χ3v) is 2.58. The van der Waals surface area contributed by atoms with Crippen molar-refractivity contribution in [1.82, 2.24) is 5.32 Å². The Morgan fingerprint density at radius 3 is 2.93 bits per heavy atom. The van der Waals surface area contributed by atoms with Gasteiger partial charge in [0.25, 0.3) is 0 Å². The number of hydrogen-bond acceptors (Lipinski definition) is 4. The fourth-order valence-electron chi connectivity index (χ4n) is 1.65. The van der Waals surface area contributed by atoms with Crippen molar-refractivity contribution in [2.45, 2.75) is 19.0 Å². The third kappa shape index (κ3) is 2.61. The molecule has 0 bridgehead atoms. The maximum Gasteiger partial charge on any atom is 0.123 e. The van der Waals surface area contributed by atoms with Crippen LogP contribution in [0.5, 0.6) is 11.5 Å². The van der Waals surface area contributed by atoms with E-state index in [4.69, 9.17) is 9.84 Å². The monoisotopic (exact) mass is 209 g/mol. The molecule has 1 unspecified atom stereocenters. The van der Waals surface area contributed by atoms with Crippen molar-refractivity contribution in [2.75, 3.05) is 13.2 Å². The van der Waals surface area contributed by atoms with E-state index < -0.39 is 0 Å². The minimum atomic E-state index is 0.0837. The first-order chi connectivity index (χ1) is 7.25. The van der Waals surface area contributed by atoms with Gasteiger partial charge in [-0.1, -0.05) is 6.07 Å². The van der Waals surface area contributed by atoms with E-state index in [1.54, 1.807) is 12.1 Å². The van der Waals surface area contributed by atoms with Crippen molar-refractivity contribution in [3.63, 3.8) is 0 Å². The minimum Gasteiger partial charge on any atom is -0.508 e. The number of ether oxygens (including phenoxy) is 1.